The minimum absolute atomic E-state index is 0.579. The molecular formula is C17H23N3. The molecule has 0 spiro atoms. The molecule has 2 aromatic rings. The minimum atomic E-state index is 0.579. The van der Waals surface area contributed by atoms with E-state index in [1.807, 2.05) is 6.07 Å². The predicted octanol–water partition coefficient (Wildman–Crippen LogP) is 4.49. The van der Waals surface area contributed by atoms with Gasteiger partial charge < -0.3 is 5.73 Å². The molecule has 0 bridgehead atoms. The number of nitrogens with two attached hydrogens (primary N) is 1. The van der Waals surface area contributed by atoms with E-state index < -0.39 is 0 Å². The lowest BCUT2D eigenvalue weighted by Gasteiger charge is -2.19. The molecule has 3 N–H and O–H groups in total. The first-order valence-corrected chi connectivity index (χ1v) is 7.75. The maximum atomic E-state index is 6.11. The molecule has 0 aliphatic heterocycles. The number of aromatic nitrogens is 2. The van der Waals surface area contributed by atoms with Crippen molar-refractivity contribution in [1.82, 2.24) is 10.2 Å². The van der Waals surface area contributed by atoms with Gasteiger partial charge in [-0.05, 0) is 18.4 Å². The lowest BCUT2D eigenvalue weighted by Crippen LogP contribution is -2.04. The first kappa shape index (κ1) is 13.2. The zero-order valence-corrected chi connectivity index (χ0v) is 11.9. The number of H-pyrrole nitrogens is 1. The summed E-state index contributed by atoms with van der Waals surface area (Å²) >= 11 is 0. The normalized spacial score (nSPS) is 17.6. The average molecular weight is 269 g/mol. The van der Waals surface area contributed by atoms with Crippen LogP contribution in [0.5, 0.6) is 0 Å². The molecule has 1 aromatic carbocycles. The Balaban J connectivity index is 1.93. The Hall–Kier alpha value is -1.77. The fourth-order valence-corrected chi connectivity index (χ4v) is 3.32. The van der Waals surface area contributed by atoms with Crippen LogP contribution >= 0.6 is 0 Å². The Morgan fingerprint density at radius 1 is 0.950 bits per heavy atom. The largest absolute Gasteiger partial charge is 0.382 e. The van der Waals surface area contributed by atoms with Crippen LogP contribution in [0.25, 0.3) is 11.1 Å². The van der Waals surface area contributed by atoms with Gasteiger partial charge in [0.05, 0.1) is 0 Å². The van der Waals surface area contributed by atoms with E-state index in [0.29, 0.717) is 11.7 Å². The molecule has 1 heterocycles. The second kappa shape index (κ2) is 6.12. The van der Waals surface area contributed by atoms with Crippen molar-refractivity contribution in [3.05, 3.63) is 36.0 Å². The van der Waals surface area contributed by atoms with Gasteiger partial charge in [0, 0.05) is 17.2 Å². The van der Waals surface area contributed by atoms with Crippen molar-refractivity contribution in [3.8, 4) is 11.1 Å². The third-order valence-electron chi connectivity index (χ3n) is 4.40. The zero-order valence-electron chi connectivity index (χ0n) is 11.9. The molecule has 1 saturated carbocycles. The SMILES string of the molecule is Nc1n[nH]c(C2CCCCCCC2)c1-c1ccccc1. The highest BCUT2D eigenvalue weighted by Gasteiger charge is 2.21. The highest BCUT2D eigenvalue weighted by atomic mass is 15.2. The summed E-state index contributed by atoms with van der Waals surface area (Å²) in [6.07, 6.45) is 9.25. The molecule has 3 rings (SSSR count). The van der Waals surface area contributed by atoms with Crippen LogP contribution in [0.4, 0.5) is 5.82 Å². The van der Waals surface area contributed by atoms with E-state index in [-0.39, 0.29) is 0 Å². The average Bonchev–Trinajstić information content (AvgIpc) is 2.81. The number of nitrogens with one attached hydrogen (secondary N) is 1. The molecule has 3 heteroatoms. The number of hydrogen-bond donors (Lipinski definition) is 2. The van der Waals surface area contributed by atoms with E-state index >= 15 is 0 Å². The molecule has 0 unspecified atom stereocenters. The summed E-state index contributed by atoms with van der Waals surface area (Å²) in [4.78, 5) is 0. The van der Waals surface area contributed by atoms with Crippen LogP contribution < -0.4 is 5.73 Å². The number of nitrogens with zero attached hydrogens (tertiary/aromatic N) is 1. The van der Waals surface area contributed by atoms with E-state index in [0.717, 1.165) is 5.56 Å². The van der Waals surface area contributed by atoms with Gasteiger partial charge in [-0.2, -0.15) is 5.10 Å². The fourth-order valence-electron chi connectivity index (χ4n) is 3.32. The van der Waals surface area contributed by atoms with Crippen molar-refractivity contribution in [2.24, 2.45) is 0 Å². The third-order valence-corrected chi connectivity index (χ3v) is 4.40. The van der Waals surface area contributed by atoms with Gasteiger partial charge in [0.1, 0.15) is 0 Å². The molecule has 0 amide bonds. The van der Waals surface area contributed by atoms with E-state index in [1.54, 1.807) is 0 Å². The Kier molecular flexibility index (Phi) is 4.05. The molecule has 0 radical (unpaired) electrons. The van der Waals surface area contributed by atoms with Gasteiger partial charge in [0.25, 0.3) is 0 Å². The maximum absolute atomic E-state index is 6.11. The summed E-state index contributed by atoms with van der Waals surface area (Å²) < 4.78 is 0. The topological polar surface area (TPSA) is 54.7 Å². The molecule has 20 heavy (non-hydrogen) atoms. The van der Waals surface area contributed by atoms with Crippen molar-refractivity contribution in [3.63, 3.8) is 0 Å². The monoisotopic (exact) mass is 269 g/mol. The lowest BCUT2D eigenvalue weighted by atomic mass is 9.86. The molecule has 1 fully saturated rings. The summed E-state index contributed by atoms with van der Waals surface area (Å²) in [6, 6.07) is 10.4. The second-order valence-electron chi connectivity index (χ2n) is 5.81. The number of nitrogen functional groups attached to an aromatic ring is 1. The smallest absolute Gasteiger partial charge is 0.153 e. The van der Waals surface area contributed by atoms with Crippen molar-refractivity contribution < 1.29 is 0 Å². The van der Waals surface area contributed by atoms with Gasteiger partial charge in [-0.3, -0.25) is 5.10 Å². The fraction of sp³-hybridized carbons (Fsp3) is 0.471. The number of rotatable bonds is 2. The molecule has 0 atom stereocenters. The zero-order chi connectivity index (χ0) is 13.8. The summed E-state index contributed by atoms with van der Waals surface area (Å²) in [6.45, 7) is 0. The molecular weight excluding hydrogens is 246 g/mol. The summed E-state index contributed by atoms with van der Waals surface area (Å²) in [7, 11) is 0. The van der Waals surface area contributed by atoms with Gasteiger partial charge in [0.15, 0.2) is 5.82 Å². The van der Waals surface area contributed by atoms with Gasteiger partial charge in [-0.1, -0.05) is 62.4 Å². The van der Waals surface area contributed by atoms with Gasteiger partial charge in [-0.15, -0.1) is 0 Å². The lowest BCUT2D eigenvalue weighted by molar-refractivity contribution is 0.449. The summed E-state index contributed by atoms with van der Waals surface area (Å²) in [5.41, 5.74) is 9.65. The Morgan fingerprint density at radius 2 is 1.60 bits per heavy atom. The Labute approximate surface area is 120 Å². The van der Waals surface area contributed by atoms with Crippen LogP contribution in [-0.2, 0) is 0 Å². The Morgan fingerprint density at radius 3 is 2.30 bits per heavy atom. The summed E-state index contributed by atoms with van der Waals surface area (Å²) in [5.74, 6) is 1.21. The van der Waals surface area contributed by atoms with Crippen molar-refractivity contribution in [2.45, 2.75) is 50.9 Å². The number of benzene rings is 1. The van der Waals surface area contributed by atoms with Crippen LogP contribution in [0.3, 0.4) is 0 Å². The highest BCUT2D eigenvalue weighted by molar-refractivity contribution is 5.76. The van der Waals surface area contributed by atoms with Gasteiger partial charge >= 0.3 is 0 Å². The third kappa shape index (κ3) is 2.72. The molecule has 1 aliphatic rings. The van der Waals surface area contributed by atoms with E-state index in [4.69, 9.17) is 5.73 Å². The minimum Gasteiger partial charge on any atom is -0.382 e. The molecule has 1 aromatic heterocycles. The predicted molar refractivity (Wildman–Crippen MR) is 83.5 cm³/mol. The molecule has 3 nitrogen and oxygen atoms in total. The van der Waals surface area contributed by atoms with Crippen LogP contribution in [0, 0.1) is 0 Å². The van der Waals surface area contributed by atoms with E-state index in [1.165, 1.54) is 56.2 Å². The number of aromatic amines is 1. The highest BCUT2D eigenvalue weighted by Crippen LogP contribution is 2.38. The number of anilines is 1. The molecule has 1 aliphatic carbocycles. The van der Waals surface area contributed by atoms with Crippen LogP contribution in [0.1, 0.15) is 56.6 Å². The van der Waals surface area contributed by atoms with E-state index in [9.17, 15) is 0 Å². The van der Waals surface area contributed by atoms with Crippen LogP contribution in [0.2, 0.25) is 0 Å². The molecule has 106 valence electrons. The van der Waals surface area contributed by atoms with Gasteiger partial charge in [-0.25, -0.2) is 0 Å². The van der Waals surface area contributed by atoms with Crippen molar-refractivity contribution >= 4 is 5.82 Å². The first-order valence-electron chi connectivity index (χ1n) is 7.75. The van der Waals surface area contributed by atoms with Crippen LogP contribution in [0.15, 0.2) is 30.3 Å². The Bertz CT molecular complexity index is 537. The summed E-state index contributed by atoms with van der Waals surface area (Å²) in [5, 5.41) is 7.49. The van der Waals surface area contributed by atoms with Gasteiger partial charge in [0.2, 0.25) is 0 Å². The number of hydrogen-bond acceptors (Lipinski definition) is 2. The second-order valence-corrected chi connectivity index (χ2v) is 5.81. The van der Waals surface area contributed by atoms with Crippen molar-refractivity contribution in [2.75, 3.05) is 5.73 Å². The van der Waals surface area contributed by atoms with E-state index in [2.05, 4.69) is 34.5 Å². The van der Waals surface area contributed by atoms with Crippen molar-refractivity contribution in [1.29, 1.82) is 0 Å². The standard InChI is InChI=1S/C17H23N3/c18-17-15(13-9-7-4-8-10-13)16(19-20-17)14-11-5-2-1-3-6-12-14/h4,7-10,14H,1-3,5-6,11-12H2,(H3,18,19,20). The molecule has 0 saturated heterocycles. The quantitative estimate of drug-likeness (QED) is 0.844. The van der Waals surface area contributed by atoms with Crippen LogP contribution in [-0.4, -0.2) is 10.2 Å². The maximum Gasteiger partial charge on any atom is 0.153 e. The first-order chi connectivity index (χ1) is 9.86.